The Kier molecular flexibility index (Phi) is 5.52. The molecule has 6 heteroatoms. The fraction of sp³-hybridized carbons (Fsp3) is 0.286. The molecule has 1 aromatic carbocycles. The molecule has 106 valence electrons. The molecule has 1 amide bonds. The summed E-state index contributed by atoms with van der Waals surface area (Å²) in [4.78, 5) is 16.0. The van der Waals surface area contributed by atoms with Crippen LogP contribution in [0.15, 0.2) is 29.6 Å². The predicted octanol–water partition coefficient (Wildman–Crippen LogP) is 3.52. The van der Waals surface area contributed by atoms with Crippen LogP contribution in [-0.4, -0.2) is 24.6 Å². The van der Waals surface area contributed by atoms with E-state index in [4.69, 9.17) is 16.3 Å². The molecular weight excluding hydrogens is 296 g/mol. The van der Waals surface area contributed by atoms with E-state index in [1.54, 1.807) is 18.4 Å². The first-order valence-electron chi connectivity index (χ1n) is 6.12. The highest BCUT2D eigenvalue weighted by Gasteiger charge is 2.05. The molecule has 0 unspecified atom stereocenters. The van der Waals surface area contributed by atoms with Crippen molar-refractivity contribution in [2.75, 3.05) is 19.0 Å². The van der Waals surface area contributed by atoms with Gasteiger partial charge in [-0.15, -0.1) is 22.9 Å². The lowest BCUT2D eigenvalue weighted by Gasteiger charge is -2.05. The molecular formula is C14H15ClN2O2S. The largest absolute Gasteiger partial charge is 0.384 e. The Morgan fingerprint density at radius 2 is 2.15 bits per heavy atom. The van der Waals surface area contributed by atoms with E-state index in [0.29, 0.717) is 18.9 Å². The summed E-state index contributed by atoms with van der Waals surface area (Å²) in [6.45, 7) is 0.421. The molecule has 2 rings (SSSR count). The average Bonchev–Trinajstić information content (AvgIpc) is 2.95. The van der Waals surface area contributed by atoms with Crippen LogP contribution < -0.4 is 5.32 Å². The highest BCUT2D eigenvalue weighted by Crippen LogP contribution is 2.25. The molecule has 0 atom stereocenters. The molecule has 0 aliphatic heterocycles. The molecule has 0 aliphatic rings. The van der Waals surface area contributed by atoms with Crippen molar-refractivity contribution in [1.29, 1.82) is 0 Å². The summed E-state index contributed by atoms with van der Waals surface area (Å²) in [6.07, 6.45) is 0.351. The first kappa shape index (κ1) is 15.0. The number of carbonyl (C=O) groups excluding carboxylic acids is 1. The molecule has 0 fully saturated rings. The number of carbonyl (C=O) groups is 1. The van der Waals surface area contributed by atoms with Crippen LogP contribution in [0.4, 0.5) is 5.69 Å². The van der Waals surface area contributed by atoms with Crippen molar-refractivity contribution >= 4 is 34.5 Å². The second kappa shape index (κ2) is 7.38. The maximum absolute atomic E-state index is 11.6. The first-order valence-corrected chi connectivity index (χ1v) is 7.54. The standard InChI is InChI=1S/C14H15ClN2O2S/c1-19-7-6-13(18)16-11-4-2-10(3-5-11)14-17-12(8-15)9-20-14/h2-5,9H,6-8H2,1H3,(H,16,18). The van der Waals surface area contributed by atoms with Gasteiger partial charge in [-0.25, -0.2) is 4.98 Å². The Balaban J connectivity index is 2.00. The number of alkyl halides is 1. The number of ether oxygens (including phenoxy) is 1. The van der Waals surface area contributed by atoms with E-state index in [1.807, 2.05) is 29.6 Å². The van der Waals surface area contributed by atoms with Gasteiger partial charge in [0, 0.05) is 23.7 Å². The van der Waals surface area contributed by atoms with Crippen molar-refractivity contribution in [3.8, 4) is 10.6 Å². The highest BCUT2D eigenvalue weighted by atomic mass is 35.5. The van der Waals surface area contributed by atoms with Gasteiger partial charge in [0.05, 0.1) is 24.6 Å². The van der Waals surface area contributed by atoms with E-state index in [9.17, 15) is 4.79 Å². The van der Waals surface area contributed by atoms with Gasteiger partial charge in [0.2, 0.25) is 5.91 Å². The zero-order valence-electron chi connectivity index (χ0n) is 11.1. The molecule has 0 saturated heterocycles. The van der Waals surface area contributed by atoms with Gasteiger partial charge in [-0.3, -0.25) is 4.79 Å². The number of nitrogens with one attached hydrogen (secondary N) is 1. The maximum atomic E-state index is 11.6. The summed E-state index contributed by atoms with van der Waals surface area (Å²) in [5.41, 5.74) is 2.66. The molecule has 20 heavy (non-hydrogen) atoms. The number of hydrogen-bond acceptors (Lipinski definition) is 4. The minimum Gasteiger partial charge on any atom is -0.384 e. The summed E-state index contributed by atoms with van der Waals surface area (Å²) in [7, 11) is 1.57. The van der Waals surface area contributed by atoms with E-state index in [0.717, 1.165) is 22.0 Å². The quantitative estimate of drug-likeness (QED) is 0.830. The minimum absolute atomic E-state index is 0.0572. The van der Waals surface area contributed by atoms with Crippen molar-refractivity contribution in [1.82, 2.24) is 4.98 Å². The van der Waals surface area contributed by atoms with Gasteiger partial charge < -0.3 is 10.1 Å². The van der Waals surface area contributed by atoms with Gasteiger partial charge in [-0.05, 0) is 24.3 Å². The maximum Gasteiger partial charge on any atom is 0.226 e. The second-order valence-electron chi connectivity index (χ2n) is 4.15. The van der Waals surface area contributed by atoms with Crippen LogP contribution in [0.2, 0.25) is 0 Å². The SMILES string of the molecule is COCCC(=O)Nc1ccc(-c2nc(CCl)cs2)cc1. The van der Waals surface area contributed by atoms with Gasteiger partial charge in [0.1, 0.15) is 5.01 Å². The Hall–Kier alpha value is -1.43. The van der Waals surface area contributed by atoms with Crippen LogP contribution in [0.25, 0.3) is 10.6 Å². The number of aromatic nitrogens is 1. The van der Waals surface area contributed by atoms with Crippen LogP contribution >= 0.6 is 22.9 Å². The lowest BCUT2D eigenvalue weighted by Crippen LogP contribution is -2.13. The van der Waals surface area contributed by atoms with Crippen molar-refractivity contribution in [2.45, 2.75) is 12.3 Å². The molecule has 0 saturated carbocycles. The normalized spacial score (nSPS) is 10.5. The minimum atomic E-state index is -0.0572. The molecule has 4 nitrogen and oxygen atoms in total. The van der Waals surface area contributed by atoms with Crippen molar-refractivity contribution in [3.63, 3.8) is 0 Å². The first-order chi connectivity index (χ1) is 9.72. The number of methoxy groups -OCH3 is 1. The van der Waals surface area contributed by atoms with Gasteiger partial charge in [0.25, 0.3) is 0 Å². The Bertz CT molecular complexity index is 569. The summed E-state index contributed by atoms with van der Waals surface area (Å²) in [6, 6.07) is 7.59. The topological polar surface area (TPSA) is 51.2 Å². The summed E-state index contributed by atoms with van der Waals surface area (Å²) in [5, 5.41) is 5.69. The number of hydrogen-bond donors (Lipinski definition) is 1. The molecule has 0 radical (unpaired) electrons. The smallest absolute Gasteiger partial charge is 0.226 e. The van der Waals surface area contributed by atoms with E-state index >= 15 is 0 Å². The molecule has 0 aliphatic carbocycles. The third kappa shape index (κ3) is 4.03. The molecule has 0 spiro atoms. The van der Waals surface area contributed by atoms with E-state index in [2.05, 4.69) is 10.3 Å². The number of rotatable bonds is 6. The molecule has 1 N–H and O–H groups in total. The molecule has 2 aromatic rings. The van der Waals surface area contributed by atoms with E-state index < -0.39 is 0 Å². The number of anilines is 1. The van der Waals surface area contributed by atoms with Crippen molar-refractivity contribution in [2.24, 2.45) is 0 Å². The number of amides is 1. The van der Waals surface area contributed by atoms with Crippen LogP contribution in [0.1, 0.15) is 12.1 Å². The van der Waals surface area contributed by atoms with Gasteiger partial charge >= 0.3 is 0 Å². The van der Waals surface area contributed by atoms with Crippen LogP contribution in [0, 0.1) is 0 Å². The summed E-state index contributed by atoms with van der Waals surface area (Å²) in [5.74, 6) is 0.364. The Morgan fingerprint density at radius 3 is 2.75 bits per heavy atom. The molecule has 0 bridgehead atoms. The fourth-order valence-electron chi connectivity index (χ4n) is 1.62. The molecule has 1 aromatic heterocycles. The third-order valence-electron chi connectivity index (χ3n) is 2.64. The van der Waals surface area contributed by atoms with Gasteiger partial charge in [-0.1, -0.05) is 0 Å². The van der Waals surface area contributed by atoms with Gasteiger partial charge in [0.15, 0.2) is 0 Å². The van der Waals surface area contributed by atoms with Gasteiger partial charge in [-0.2, -0.15) is 0 Å². The number of nitrogens with zero attached hydrogens (tertiary/aromatic N) is 1. The second-order valence-corrected chi connectivity index (χ2v) is 5.27. The summed E-state index contributed by atoms with van der Waals surface area (Å²) >= 11 is 7.30. The monoisotopic (exact) mass is 310 g/mol. The predicted molar refractivity (Wildman–Crippen MR) is 82.2 cm³/mol. The molecule has 1 heterocycles. The van der Waals surface area contributed by atoms with Crippen LogP contribution in [-0.2, 0) is 15.4 Å². The number of benzene rings is 1. The van der Waals surface area contributed by atoms with Crippen molar-refractivity contribution < 1.29 is 9.53 Å². The lowest BCUT2D eigenvalue weighted by molar-refractivity contribution is -0.117. The lowest BCUT2D eigenvalue weighted by atomic mass is 10.2. The highest BCUT2D eigenvalue weighted by molar-refractivity contribution is 7.13. The Labute approximate surface area is 126 Å². The summed E-state index contributed by atoms with van der Waals surface area (Å²) < 4.78 is 4.86. The zero-order chi connectivity index (χ0) is 14.4. The van der Waals surface area contributed by atoms with Crippen molar-refractivity contribution in [3.05, 3.63) is 35.3 Å². The van der Waals surface area contributed by atoms with Crippen LogP contribution in [0.5, 0.6) is 0 Å². The fourth-order valence-corrected chi connectivity index (χ4v) is 2.67. The van der Waals surface area contributed by atoms with E-state index in [-0.39, 0.29) is 5.91 Å². The number of halogens is 1. The third-order valence-corrected chi connectivity index (χ3v) is 3.85. The van der Waals surface area contributed by atoms with Crippen LogP contribution in [0.3, 0.4) is 0 Å². The Morgan fingerprint density at radius 1 is 1.40 bits per heavy atom. The van der Waals surface area contributed by atoms with E-state index in [1.165, 1.54) is 0 Å². The number of thiazole rings is 1. The zero-order valence-corrected chi connectivity index (χ0v) is 12.6. The average molecular weight is 311 g/mol.